The fourth-order valence-electron chi connectivity index (χ4n) is 2.64. The lowest BCUT2D eigenvalue weighted by Crippen LogP contribution is -2.56. The normalized spacial score (nSPS) is 16.7. The number of halogens is 1. The minimum absolute atomic E-state index is 0.109. The van der Waals surface area contributed by atoms with Crippen LogP contribution in [0.3, 0.4) is 0 Å². The summed E-state index contributed by atoms with van der Waals surface area (Å²) in [6.45, 7) is 4.02. The van der Waals surface area contributed by atoms with Crippen LogP contribution in [0.15, 0.2) is 22.7 Å². The summed E-state index contributed by atoms with van der Waals surface area (Å²) in [5.74, 6) is -0.297. The van der Waals surface area contributed by atoms with Crippen LogP contribution in [0, 0.1) is 0 Å². The van der Waals surface area contributed by atoms with Gasteiger partial charge >= 0.3 is 0 Å². The minimum Gasteiger partial charge on any atom is -0.363 e. The quantitative estimate of drug-likeness (QED) is 0.700. The van der Waals surface area contributed by atoms with Crippen molar-refractivity contribution < 1.29 is 9.59 Å². The molecule has 1 aromatic carbocycles. The molecule has 5 nitrogen and oxygen atoms in total. The number of carbonyl (C=O) groups excluding carboxylic acids is 2. The molecule has 23 heavy (non-hydrogen) atoms. The Bertz CT molecular complexity index is 577. The summed E-state index contributed by atoms with van der Waals surface area (Å²) in [5, 5.41) is 4.60. The lowest BCUT2D eigenvalue weighted by atomic mass is 10.1. The van der Waals surface area contributed by atoms with Crippen molar-refractivity contribution in [3.05, 3.63) is 28.2 Å². The Morgan fingerprint density at radius 1 is 1.30 bits per heavy atom. The summed E-state index contributed by atoms with van der Waals surface area (Å²) in [4.78, 5) is 24.7. The number of hydrogen-bond acceptors (Lipinski definition) is 3. The van der Waals surface area contributed by atoms with Crippen LogP contribution < -0.4 is 10.7 Å². The van der Waals surface area contributed by atoms with E-state index in [-0.39, 0.29) is 18.0 Å². The molecule has 6 heteroatoms. The van der Waals surface area contributed by atoms with Crippen molar-refractivity contribution in [3.63, 3.8) is 0 Å². The van der Waals surface area contributed by atoms with Gasteiger partial charge in [-0.3, -0.25) is 15.0 Å². The van der Waals surface area contributed by atoms with Crippen molar-refractivity contribution in [1.82, 2.24) is 10.4 Å². The number of rotatable bonds is 7. The summed E-state index contributed by atoms with van der Waals surface area (Å²) < 4.78 is 0.836. The summed E-state index contributed by atoms with van der Waals surface area (Å²) in [5.41, 5.74) is 4.08. The number of hydrogen-bond donors (Lipinski definition) is 2. The topological polar surface area (TPSA) is 61.4 Å². The highest BCUT2D eigenvalue weighted by Gasteiger charge is 2.30. The fraction of sp³-hybridized carbons (Fsp3) is 0.529. The van der Waals surface area contributed by atoms with Crippen LogP contribution in [0.5, 0.6) is 0 Å². The lowest BCUT2D eigenvalue weighted by Gasteiger charge is -2.35. The predicted octanol–water partition coefficient (Wildman–Crippen LogP) is 4.05. The predicted molar refractivity (Wildman–Crippen MR) is 94.9 cm³/mol. The highest BCUT2D eigenvalue weighted by molar-refractivity contribution is 9.10. The molecule has 0 radical (unpaired) electrons. The maximum absolute atomic E-state index is 12.6. The van der Waals surface area contributed by atoms with Gasteiger partial charge in [0.1, 0.15) is 6.17 Å². The summed E-state index contributed by atoms with van der Waals surface area (Å²) >= 11 is 3.37. The van der Waals surface area contributed by atoms with Crippen molar-refractivity contribution in [3.8, 4) is 0 Å². The lowest BCUT2D eigenvalue weighted by molar-refractivity contribution is -0.125. The van der Waals surface area contributed by atoms with Gasteiger partial charge in [-0.2, -0.15) is 0 Å². The molecule has 0 saturated carbocycles. The SMILES string of the molecule is CCCCCCCC(=O)NN1C(=O)c2cc(Br)ccc2NC1C. The van der Waals surface area contributed by atoms with Gasteiger partial charge in [-0.25, -0.2) is 5.01 Å². The van der Waals surface area contributed by atoms with E-state index in [1.165, 1.54) is 17.9 Å². The number of nitrogens with one attached hydrogen (secondary N) is 2. The van der Waals surface area contributed by atoms with E-state index >= 15 is 0 Å². The minimum atomic E-state index is -0.278. The van der Waals surface area contributed by atoms with Gasteiger partial charge in [0, 0.05) is 16.6 Å². The molecule has 126 valence electrons. The van der Waals surface area contributed by atoms with Gasteiger partial charge < -0.3 is 5.32 Å². The van der Waals surface area contributed by atoms with Crippen LogP contribution in [-0.2, 0) is 4.79 Å². The molecule has 0 aliphatic carbocycles. The first-order valence-corrected chi connectivity index (χ1v) is 9.01. The molecule has 0 spiro atoms. The van der Waals surface area contributed by atoms with Gasteiger partial charge in [0.2, 0.25) is 5.91 Å². The van der Waals surface area contributed by atoms with E-state index in [0.717, 1.165) is 29.4 Å². The molecule has 1 heterocycles. The van der Waals surface area contributed by atoms with E-state index in [9.17, 15) is 9.59 Å². The third-order valence-corrected chi connectivity index (χ3v) is 4.43. The monoisotopic (exact) mass is 381 g/mol. The zero-order chi connectivity index (χ0) is 16.8. The zero-order valence-corrected chi connectivity index (χ0v) is 15.3. The van der Waals surface area contributed by atoms with E-state index in [1.54, 1.807) is 6.07 Å². The van der Waals surface area contributed by atoms with Crippen LogP contribution in [0.1, 0.15) is 62.7 Å². The van der Waals surface area contributed by atoms with Crippen LogP contribution >= 0.6 is 15.9 Å². The van der Waals surface area contributed by atoms with E-state index in [4.69, 9.17) is 0 Å². The van der Waals surface area contributed by atoms with Crippen molar-refractivity contribution >= 4 is 33.4 Å². The second-order valence-corrected chi connectivity index (χ2v) is 6.80. The average Bonchev–Trinajstić information content (AvgIpc) is 2.52. The number of anilines is 1. The Labute approximate surface area is 145 Å². The first-order chi connectivity index (χ1) is 11.0. The van der Waals surface area contributed by atoms with E-state index in [2.05, 4.69) is 33.6 Å². The van der Waals surface area contributed by atoms with Crippen LogP contribution in [0.25, 0.3) is 0 Å². The summed E-state index contributed by atoms with van der Waals surface area (Å²) in [7, 11) is 0. The van der Waals surface area contributed by atoms with Gasteiger partial charge in [0.25, 0.3) is 5.91 Å². The van der Waals surface area contributed by atoms with Gasteiger partial charge in [0.05, 0.1) is 5.56 Å². The zero-order valence-electron chi connectivity index (χ0n) is 13.7. The standard InChI is InChI=1S/C17H24BrN3O2/c1-3-4-5-6-7-8-16(22)20-21-12(2)19-15-10-9-13(18)11-14(15)17(21)23/h9-12,19H,3-8H2,1-2H3,(H,20,22). The van der Waals surface area contributed by atoms with Crippen molar-refractivity contribution in [2.75, 3.05) is 5.32 Å². The van der Waals surface area contributed by atoms with Gasteiger partial charge in [-0.15, -0.1) is 0 Å². The molecule has 0 fully saturated rings. The fourth-order valence-corrected chi connectivity index (χ4v) is 3.00. The molecule has 1 aromatic rings. The van der Waals surface area contributed by atoms with Gasteiger partial charge in [-0.05, 0) is 31.5 Å². The number of fused-ring (bicyclic) bond motifs is 1. The summed E-state index contributed by atoms with van der Waals surface area (Å²) in [6.07, 6.45) is 5.64. The molecule has 2 N–H and O–H groups in total. The van der Waals surface area contributed by atoms with Crippen LogP contribution in [0.4, 0.5) is 5.69 Å². The van der Waals surface area contributed by atoms with Crippen LogP contribution in [0.2, 0.25) is 0 Å². The third kappa shape index (κ3) is 4.70. The highest BCUT2D eigenvalue weighted by Crippen LogP contribution is 2.27. The number of nitrogens with zero attached hydrogens (tertiary/aromatic N) is 1. The number of hydrazine groups is 1. The van der Waals surface area contributed by atoms with E-state index < -0.39 is 0 Å². The maximum atomic E-state index is 12.6. The molecular weight excluding hydrogens is 358 g/mol. The Balaban J connectivity index is 1.92. The molecule has 1 aliphatic heterocycles. The molecule has 1 aliphatic rings. The highest BCUT2D eigenvalue weighted by atomic mass is 79.9. The Hall–Kier alpha value is -1.56. The second kappa shape index (κ2) is 8.34. The third-order valence-electron chi connectivity index (χ3n) is 3.94. The largest absolute Gasteiger partial charge is 0.363 e. The van der Waals surface area contributed by atoms with Crippen molar-refractivity contribution in [1.29, 1.82) is 0 Å². The van der Waals surface area contributed by atoms with Gasteiger partial charge in [-0.1, -0.05) is 48.5 Å². The summed E-state index contributed by atoms with van der Waals surface area (Å²) in [6, 6.07) is 5.51. The Morgan fingerprint density at radius 2 is 2.04 bits per heavy atom. The number of carbonyl (C=O) groups is 2. The number of amides is 2. The Kier molecular flexibility index (Phi) is 6.45. The van der Waals surface area contributed by atoms with Gasteiger partial charge in [0.15, 0.2) is 0 Å². The smallest absolute Gasteiger partial charge is 0.276 e. The molecule has 0 aromatic heterocycles. The Morgan fingerprint density at radius 3 is 2.78 bits per heavy atom. The van der Waals surface area contributed by atoms with Crippen LogP contribution in [-0.4, -0.2) is 23.0 Å². The molecule has 2 amide bonds. The van der Waals surface area contributed by atoms with Crippen molar-refractivity contribution in [2.45, 2.75) is 58.5 Å². The molecule has 1 unspecified atom stereocenters. The molecule has 2 rings (SSSR count). The number of unbranched alkanes of at least 4 members (excludes halogenated alkanes) is 4. The second-order valence-electron chi connectivity index (χ2n) is 5.88. The molecule has 0 saturated heterocycles. The maximum Gasteiger partial charge on any atom is 0.276 e. The van der Waals surface area contributed by atoms with E-state index in [1.807, 2.05) is 19.1 Å². The first kappa shape index (κ1) is 17.8. The van der Waals surface area contributed by atoms with E-state index in [0.29, 0.717) is 12.0 Å². The molecular formula is C17H24BrN3O2. The average molecular weight is 382 g/mol. The number of benzene rings is 1. The van der Waals surface area contributed by atoms with Crippen molar-refractivity contribution in [2.24, 2.45) is 0 Å². The first-order valence-electron chi connectivity index (χ1n) is 8.22. The molecule has 0 bridgehead atoms. The molecule has 1 atom stereocenters.